The molecule has 36 heavy (non-hydrogen) atoms. The second-order valence-electron chi connectivity index (χ2n) is 9.20. The van der Waals surface area contributed by atoms with Gasteiger partial charge in [-0.3, -0.25) is 9.59 Å². The lowest BCUT2D eigenvalue weighted by Gasteiger charge is -2.26. The fourth-order valence-electron chi connectivity index (χ4n) is 3.27. The monoisotopic (exact) mass is 491 g/mol. The number of esters is 1. The Hall–Kier alpha value is -4.32. The molecule has 9 nitrogen and oxygen atoms in total. The number of carbonyl (C=O) groups is 3. The maximum absolute atomic E-state index is 12.6. The quantitative estimate of drug-likeness (QED) is 0.188. The maximum atomic E-state index is 12.6. The van der Waals surface area contributed by atoms with Crippen LogP contribution in [0.25, 0.3) is 0 Å². The molecule has 2 aromatic rings. The average Bonchev–Trinajstić information content (AvgIpc) is 2.84. The summed E-state index contributed by atoms with van der Waals surface area (Å²) in [5.74, 6) is 4.29. The van der Waals surface area contributed by atoms with Crippen LogP contribution in [0.1, 0.15) is 37.5 Å². The number of methoxy groups -OCH3 is 1. The Kier molecular flexibility index (Phi) is 10.0. The first kappa shape index (κ1) is 27.9. The Bertz CT molecular complexity index is 1140. The second kappa shape index (κ2) is 13.0. The largest absolute Gasteiger partial charge is 0.467 e. The number of amides is 2. The van der Waals surface area contributed by atoms with Crippen molar-refractivity contribution in [2.45, 2.75) is 39.3 Å². The molecule has 6 N–H and O–H groups in total. The lowest BCUT2D eigenvalue weighted by atomic mass is 9.86. The van der Waals surface area contributed by atoms with Crippen LogP contribution in [-0.4, -0.2) is 49.5 Å². The summed E-state index contributed by atoms with van der Waals surface area (Å²) < 4.78 is 4.84. The molecule has 0 aromatic heterocycles. The number of nitrogens with zero attached hydrogens (tertiary/aromatic N) is 1. The maximum Gasteiger partial charge on any atom is 0.328 e. The summed E-state index contributed by atoms with van der Waals surface area (Å²) in [5.41, 5.74) is 12.8. The topological polar surface area (TPSA) is 149 Å². The zero-order valence-corrected chi connectivity index (χ0v) is 21.0. The summed E-state index contributed by atoms with van der Waals surface area (Å²) in [5, 5.41) is 5.13. The Morgan fingerprint density at radius 3 is 2.08 bits per heavy atom. The van der Waals surface area contributed by atoms with Gasteiger partial charge in [0.15, 0.2) is 5.96 Å². The number of aliphatic imine (C=N–C) groups is 1. The first-order chi connectivity index (χ1) is 17.0. The number of ether oxygens (including phenoxy) is 1. The second-order valence-corrected chi connectivity index (χ2v) is 9.20. The van der Waals surface area contributed by atoms with Gasteiger partial charge in [0.25, 0.3) is 0 Å². The molecule has 190 valence electrons. The van der Waals surface area contributed by atoms with E-state index in [1.165, 1.54) is 7.11 Å². The summed E-state index contributed by atoms with van der Waals surface area (Å²) >= 11 is 0. The van der Waals surface area contributed by atoms with Crippen LogP contribution in [0.2, 0.25) is 0 Å². The molecule has 0 aliphatic heterocycles. The van der Waals surface area contributed by atoms with Crippen molar-refractivity contribution < 1.29 is 19.1 Å². The molecule has 0 aliphatic rings. The summed E-state index contributed by atoms with van der Waals surface area (Å²) in [6.07, 6.45) is 0.206. The van der Waals surface area contributed by atoms with E-state index in [1.54, 1.807) is 20.8 Å². The normalized spacial score (nSPS) is 12.2. The molecule has 0 heterocycles. The van der Waals surface area contributed by atoms with Crippen molar-refractivity contribution in [1.82, 2.24) is 10.6 Å². The molecule has 0 saturated carbocycles. The minimum atomic E-state index is -0.934. The van der Waals surface area contributed by atoms with Crippen LogP contribution in [0.3, 0.4) is 0 Å². The highest BCUT2D eigenvalue weighted by Gasteiger charge is 2.31. The summed E-state index contributed by atoms with van der Waals surface area (Å²) in [4.78, 5) is 41.3. The zero-order chi connectivity index (χ0) is 26.7. The fourth-order valence-corrected chi connectivity index (χ4v) is 3.27. The van der Waals surface area contributed by atoms with Crippen molar-refractivity contribution in [3.63, 3.8) is 0 Å². The number of benzene rings is 2. The van der Waals surface area contributed by atoms with E-state index in [1.807, 2.05) is 54.6 Å². The van der Waals surface area contributed by atoms with Crippen LogP contribution in [0, 0.1) is 17.3 Å². The first-order valence-corrected chi connectivity index (χ1v) is 11.4. The number of guanidine groups is 1. The predicted molar refractivity (Wildman–Crippen MR) is 139 cm³/mol. The Morgan fingerprint density at radius 1 is 0.972 bits per heavy atom. The van der Waals surface area contributed by atoms with Crippen molar-refractivity contribution in [3.05, 3.63) is 71.3 Å². The average molecular weight is 492 g/mol. The van der Waals surface area contributed by atoms with Gasteiger partial charge >= 0.3 is 5.97 Å². The SMILES string of the molecule is COC(=O)[C@H](Cc1ccc(C#Cc2ccccc2)cc1)NC(=O)CNC(=O)[C@H](N=C(N)N)C(C)(C)C. The number of nitrogens with one attached hydrogen (secondary N) is 2. The van der Waals surface area contributed by atoms with E-state index in [9.17, 15) is 14.4 Å². The third-order valence-corrected chi connectivity index (χ3v) is 5.11. The van der Waals surface area contributed by atoms with Crippen molar-refractivity contribution in [3.8, 4) is 11.8 Å². The van der Waals surface area contributed by atoms with Gasteiger partial charge in [-0.05, 0) is 35.2 Å². The van der Waals surface area contributed by atoms with Crippen LogP contribution in [0.5, 0.6) is 0 Å². The van der Waals surface area contributed by atoms with E-state index < -0.39 is 35.3 Å². The molecule has 2 rings (SSSR count). The standard InChI is InChI=1S/C27H33N5O4/c1-27(2,3)23(32-26(28)29)24(34)30-17-22(33)31-21(25(35)36-4)16-20-14-12-19(13-15-20)11-10-18-8-6-5-7-9-18/h5-9,12-15,21,23H,16-17H2,1-4H3,(H,30,34)(H,31,33)(H4,28,29,32)/t21-,23-/m0/s1. The lowest BCUT2D eigenvalue weighted by molar-refractivity contribution is -0.145. The van der Waals surface area contributed by atoms with Crippen LogP contribution in [-0.2, 0) is 25.5 Å². The first-order valence-electron chi connectivity index (χ1n) is 11.4. The minimum Gasteiger partial charge on any atom is -0.467 e. The molecule has 2 atom stereocenters. The lowest BCUT2D eigenvalue weighted by Crippen LogP contribution is -2.50. The highest BCUT2D eigenvalue weighted by atomic mass is 16.5. The number of hydrogen-bond acceptors (Lipinski definition) is 5. The Balaban J connectivity index is 2.01. The fraction of sp³-hybridized carbons (Fsp3) is 0.333. The Labute approximate surface area is 211 Å². The molecule has 0 fully saturated rings. The minimum absolute atomic E-state index is 0.206. The molecule has 0 spiro atoms. The molecule has 0 radical (unpaired) electrons. The van der Waals surface area contributed by atoms with E-state index >= 15 is 0 Å². The number of rotatable bonds is 8. The molecule has 2 amide bonds. The van der Waals surface area contributed by atoms with E-state index in [0.717, 1.165) is 16.7 Å². The van der Waals surface area contributed by atoms with E-state index in [-0.39, 0.29) is 18.9 Å². The van der Waals surface area contributed by atoms with Gasteiger partial charge in [-0.25, -0.2) is 9.79 Å². The number of nitrogens with two attached hydrogens (primary N) is 2. The molecule has 2 aromatic carbocycles. The van der Waals surface area contributed by atoms with Gasteiger partial charge in [0.2, 0.25) is 11.8 Å². The van der Waals surface area contributed by atoms with E-state index in [2.05, 4.69) is 27.5 Å². The third-order valence-electron chi connectivity index (χ3n) is 5.11. The van der Waals surface area contributed by atoms with E-state index in [4.69, 9.17) is 16.2 Å². The highest BCUT2D eigenvalue weighted by Crippen LogP contribution is 2.22. The number of carbonyl (C=O) groups excluding carboxylic acids is 3. The van der Waals surface area contributed by atoms with Gasteiger partial charge in [0.05, 0.1) is 13.7 Å². The summed E-state index contributed by atoms with van der Waals surface area (Å²) in [7, 11) is 1.24. The molecule has 0 bridgehead atoms. The van der Waals surface area contributed by atoms with Gasteiger partial charge in [0, 0.05) is 17.5 Å². The molecule has 0 aliphatic carbocycles. The summed E-state index contributed by atoms with van der Waals surface area (Å²) in [6.45, 7) is 5.05. The zero-order valence-electron chi connectivity index (χ0n) is 21.0. The van der Waals surface area contributed by atoms with Crippen LogP contribution >= 0.6 is 0 Å². The van der Waals surface area contributed by atoms with Gasteiger partial charge in [-0.15, -0.1) is 0 Å². The van der Waals surface area contributed by atoms with E-state index in [0.29, 0.717) is 0 Å². The van der Waals surface area contributed by atoms with Crippen LogP contribution in [0.4, 0.5) is 0 Å². The Morgan fingerprint density at radius 2 is 1.56 bits per heavy atom. The third kappa shape index (κ3) is 9.14. The van der Waals surface area contributed by atoms with Crippen LogP contribution in [0.15, 0.2) is 59.6 Å². The van der Waals surface area contributed by atoms with Gasteiger partial charge in [-0.1, -0.05) is 62.9 Å². The summed E-state index contributed by atoms with van der Waals surface area (Å²) in [6, 6.07) is 15.2. The molecular weight excluding hydrogens is 458 g/mol. The van der Waals surface area contributed by atoms with Crippen molar-refractivity contribution in [1.29, 1.82) is 0 Å². The molecular formula is C27H33N5O4. The van der Waals surface area contributed by atoms with Crippen molar-refractivity contribution in [2.75, 3.05) is 13.7 Å². The highest BCUT2D eigenvalue weighted by molar-refractivity contribution is 5.91. The van der Waals surface area contributed by atoms with Crippen LogP contribution < -0.4 is 22.1 Å². The van der Waals surface area contributed by atoms with Crippen molar-refractivity contribution >= 4 is 23.7 Å². The molecule has 0 saturated heterocycles. The predicted octanol–water partition coefficient (Wildman–Crippen LogP) is 1.09. The van der Waals surface area contributed by atoms with Gasteiger partial charge < -0.3 is 26.8 Å². The number of hydrogen-bond donors (Lipinski definition) is 4. The molecule has 0 unspecified atom stereocenters. The van der Waals surface area contributed by atoms with Crippen molar-refractivity contribution in [2.24, 2.45) is 21.9 Å². The molecule has 9 heteroatoms. The van der Waals surface area contributed by atoms with Gasteiger partial charge in [-0.2, -0.15) is 0 Å². The van der Waals surface area contributed by atoms with Gasteiger partial charge in [0.1, 0.15) is 12.1 Å². The smallest absolute Gasteiger partial charge is 0.328 e.